The Bertz CT molecular complexity index is 508. The molecule has 1 aliphatic heterocycles. The molecule has 6 heteroatoms. The van der Waals surface area contributed by atoms with Gasteiger partial charge >= 0.3 is 0 Å². The van der Waals surface area contributed by atoms with Gasteiger partial charge in [0.15, 0.2) is 11.7 Å². The van der Waals surface area contributed by atoms with E-state index in [9.17, 15) is 0 Å². The molecule has 0 bridgehead atoms. The summed E-state index contributed by atoms with van der Waals surface area (Å²) in [5, 5.41) is 7.59. The van der Waals surface area contributed by atoms with Gasteiger partial charge in [-0.3, -0.25) is 0 Å². The van der Waals surface area contributed by atoms with Crippen LogP contribution in [0.15, 0.2) is 52.5 Å². The summed E-state index contributed by atoms with van der Waals surface area (Å²) in [7, 11) is 0. The molecule has 1 aliphatic rings. The molecule has 0 spiro atoms. The number of benzene rings is 1. The number of morpholine rings is 1. The van der Waals surface area contributed by atoms with Gasteiger partial charge in [-0.2, -0.15) is 5.10 Å². The minimum atomic E-state index is 0.299. The van der Waals surface area contributed by atoms with Crippen molar-refractivity contribution in [1.29, 1.82) is 0 Å². The van der Waals surface area contributed by atoms with Crippen LogP contribution in [-0.2, 0) is 16.1 Å². The van der Waals surface area contributed by atoms with E-state index in [0.717, 1.165) is 18.7 Å². The molecule has 1 heterocycles. The van der Waals surface area contributed by atoms with E-state index in [0.29, 0.717) is 31.5 Å². The zero-order valence-corrected chi connectivity index (χ0v) is 11.9. The monoisotopic (exact) mass is 288 g/mol. The summed E-state index contributed by atoms with van der Waals surface area (Å²) in [6.45, 7) is 6.62. The molecule has 0 radical (unpaired) electrons. The number of rotatable bonds is 5. The maximum Gasteiger partial charge on any atom is 0.188 e. The van der Waals surface area contributed by atoms with Crippen LogP contribution in [0, 0.1) is 0 Å². The Labute approximate surface area is 124 Å². The molecule has 0 amide bonds. The lowest BCUT2D eigenvalue weighted by atomic mass is 10.2. The molecule has 2 N–H and O–H groups in total. The average Bonchev–Trinajstić information content (AvgIpc) is 2.54. The van der Waals surface area contributed by atoms with Gasteiger partial charge in [-0.15, -0.1) is 5.10 Å². The summed E-state index contributed by atoms with van der Waals surface area (Å²) >= 11 is 0. The van der Waals surface area contributed by atoms with Crippen molar-refractivity contribution in [3.8, 4) is 0 Å². The fraction of sp³-hybridized carbons (Fsp3) is 0.333. The van der Waals surface area contributed by atoms with Gasteiger partial charge in [-0.1, -0.05) is 30.3 Å². The smallest absolute Gasteiger partial charge is 0.188 e. The molecule has 1 fully saturated rings. The van der Waals surface area contributed by atoms with Gasteiger partial charge in [-0.25, -0.2) is 0 Å². The van der Waals surface area contributed by atoms with Crippen LogP contribution in [0.25, 0.3) is 0 Å². The maximum atomic E-state index is 5.90. The normalized spacial score (nSPS) is 16.7. The average molecular weight is 288 g/mol. The van der Waals surface area contributed by atoms with Crippen molar-refractivity contribution in [3.63, 3.8) is 0 Å². The fourth-order valence-electron chi connectivity index (χ4n) is 1.96. The van der Waals surface area contributed by atoms with Crippen molar-refractivity contribution < 1.29 is 9.47 Å². The number of amidine groups is 1. The summed E-state index contributed by atoms with van der Waals surface area (Å²) in [5.41, 5.74) is 6.95. The topological polar surface area (TPSA) is 72.4 Å². The maximum absolute atomic E-state index is 5.90. The van der Waals surface area contributed by atoms with Crippen LogP contribution in [0.3, 0.4) is 0 Å². The Balaban J connectivity index is 1.96. The summed E-state index contributed by atoms with van der Waals surface area (Å²) in [6, 6.07) is 9.84. The van der Waals surface area contributed by atoms with Gasteiger partial charge < -0.3 is 20.1 Å². The predicted molar refractivity (Wildman–Crippen MR) is 82.9 cm³/mol. The molecule has 112 valence electrons. The highest BCUT2D eigenvalue weighted by Gasteiger charge is 2.14. The van der Waals surface area contributed by atoms with Crippen molar-refractivity contribution in [2.45, 2.75) is 6.61 Å². The Morgan fingerprint density at radius 2 is 2.05 bits per heavy atom. The van der Waals surface area contributed by atoms with Crippen LogP contribution in [0.5, 0.6) is 0 Å². The quantitative estimate of drug-likeness (QED) is 0.384. The molecule has 0 aromatic heterocycles. The number of nitrogens with zero attached hydrogens (tertiary/aromatic N) is 3. The van der Waals surface area contributed by atoms with E-state index < -0.39 is 0 Å². The van der Waals surface area contributed by atoms with Crippen molar-refractivity contribution >= 4 is 12.6 Å². The van der Waals surface area contributed by atoms with Crippen molar-refractivity contribution in [3.05, 3.63) is 47.9 Å². The highest BCUT2D eigenvalue weighted by molar-refractivity contribution is 5.93. The molecular formula is C15H20N4O2. The number of hydrogen-bond acceptors (Lipinski definition) is 5. The summed E-state index contributed by atoms with van der Waals surface area (Å²) in [5.74, 6) is 0.937. The lowest BCUT2D eigenvalue weighted by Crippen LogP contribution is -2.40. The van der Waals surface area contributed by atoms with E-state index in [1.807, 2.05) is 35.2 Å². The van der Waals surface area contributed by atoms with Crippen LogP contribution in [-0.4, -0.2) is 43.8 Å². The van der Waals surface area contributed by atoms with Crippen LogP contribution >= 0.6 is 0 Å². The van der Waals surface area contributed by atoms with Crippen LogP contribution in [0.4, 0.5) is 0 Å². The summed E-state index contributed by atoms with van der Waals surface area (Å²) in [4.78, 5) is 2.04. The number of nitrogens with two attached hydrogens (primary N) is 1. The SMILES string of the molecule is C=NN=C(C=C(N)OCc1ccccc1)N1CCOCC1. The summed E-state index contributed by atoms with van der Waals surface area (Å²) < 4.78 is 10.8. The van der Waals surface area contributed by atoms with E-state index in [2.05, 4.69) is 16.9 Å². The Kier molecular flexibility index (Phi) is 5.78. The van der Waals surface area contributed by atoms with Gasteiger partial charge in [-0.05, 0) is 5.56 Å². The van der Waals surface area contributed by atoms with Gasteiger partial charge in [0.2, 0.25) is 0 Å². The third kappa shape index (κ3) is 4.92. The number of ether oxygens (including phenoxy) is 2. The molecule has 2 rings (SSSR count). The first-order valence-electron chi connectivity index (χ1n) is 6.80. The van der Waals surface area contributed by atoms with Gasteiger partial charge in [0.1, 0.15) is 6.61 Å². The molecule has 6 nitrogen and oxygen atoms in total. The second-order valence-electron chi connectivity index (χ2n) is 4.52. The molecule has 1 saturated heterocycles. The van der Waals surface area contributed by atoms with Crippen LogP contribution < -0.4 is 5.73 Å². The lowest BCUT2D eigenvalue weighted by molar-refractivity contribution is 0.0682. The fourth-order valence-corrected chi connectivity index (χ4v) is 1.96. The lowest BCUT2D eigenvalue weighted by Gasteiger charge is -2.28. The Hall–Kier alpha value is -2.34. The highest BCUT2D eigenvalue weighted by atomic mass is 16.5. The minimum Gasteiger partial charge on any atom is -0.474 e. The Morgan fingerprint density at radius 1 is 1.33 bits per heavy atom. The van der Waals surface area contributed by atoms with Crippen molar-refractivity contribution in [2.75, 3.05) is 26.3 Å². The van der Waals surface area contributed by atoms with E-state index in [4.69, 9.17) is 15.2 Å². The van der Waals surface area contributed by atoms with E-state index >= 15 is 0 Å². The second kappa shape index (κ2) is 8.06. The highest BCUT2D eigenvalue weighted by Crippen LogP contribution is 2.06. The van der Waals surface area contributed by atoms with Crippen molar-refractivity contribution in [2.24, 2.45) is 15.9 Å². The zero-order chi connectivity index (χ0) is 14.9. The van der Waals surface area contributed by atoms with E-state index in [1.165, 1.54) is 0 Å². The molecule has 1 aromatic rings. The van der Waals surface area contributed by atoms with Crippen LogP contribution in [0.1, 0.15) is 5.56 Å². The largest absolute Gasteiger partial charge is 0.474 e. The molecular weight excluding hydrogens is 268 g/mol. The molecule has 0 saturated carbocycles. The first kappa shape index (κ1) is 15.1. The van der Waals surface area contributed by atoms with Crippen LogP contribution in [0.2, 0.25) is 0 Å². The van der Waals surface area contributed by atoms with E-state index in [-0.39, 0.29) is 0 Å². The first-order valence-corrected chi connectivity index (χ1v) is 6.80. The van der Waals surface area contributed by atoms with Gasteiger partial charge in [0, 0.05) is 25.9 Å². The summed E-state index contributed by atoms with van der Waals surface area (Å²) in [6.07, 6.45) is 1.67. The first-order chi connectivity index (χ1) is 10.3. The minimum absolute atomic E-state index is 0.299. The Morgan fingerprint density at radius 3 is 2.71 bits per heavy atom. The van der Waals surface area contributed by atoms with Gasteiger partial charge in [0.05, 0.1) is 13.2 Å². The standard InChI is InChI=1S/C15H20N4O2/c1-17-18-15(19-7-9-20-10-8-19)11-14(16)21-12-13-5-3-2-4-6-13/h2-6,11H,1,7-10,12,16H2. The molecule has 0 atom stereocenters. The third-order valence-corrected chi connectivity index (χ3v) is 3.03. The third-order valence-electron chi connectivity index (χ3n) is 3.03. The number of hydrogen-bond donors (Lipinski definition) is 1. The predicted octanol–water partition coefficient (Wildman–Crippen LogP) is 1.35. The molecule has 1 aromatic carbocycles. The van der Waals surface area contributed by atoms with E-state index in [1.54, 1.807) is 6.08 Å². The van der Waals surface area contributed by atoms with Gasteiger partial charge in [0.25, 0.3) is 0 Å². The van der Waals surface area contributed by atoms with Crippen molar-refractivity contribution in [1.82, 2.24) is 4.90 Å². The zero-order valence-electron chi connectivity index (χ0n) is 11.9. The second-order valence-corrected chi connectivity index (χ2v) is 4.52. The molecule has 21 heavy (non-hydrogen) atoms. The molecule has 0 aliphatic carbocycles. The molecule has 0 unspecified atom stereocenters.